The standard InChI is InChI=1S/C15H18ClNO5/c1-3-22-12(18)8-9(2)13(15(20)21)17-14(19)10-6-4-5-7-11(10)16/h4-7,9,13H,3,8H2,1-2H3,(H,17,19)(H,20,21)/t9-,13-/m0/s1. The molecule has 0 spiro atoms. The Bertz CT molecular complexity index is 561. The summed E-state index contributed by atoms with van der Waals surface area (Å²) in [6, 6.07) is 5.10. The molecule has 0 saturated heterocycles. The molecule has 0 saturated carbocycles. The minimum absolute atomic E-state index is 0.104. The van der Waals surface area contributed by atoms with Crippen molar-refractivity contribution in [3.8, 4) is 0 Å². The lowest BCUT2D eigenvalue weighted by Gasteiger charge is -2.21. The van der Waals surface area contributed by atoms with Crippen LogP contribution >= 0.6 is 11.6 Å². The number of aliphatic carboxylic acids is 1. The number of carboxylic acid groups (broad SMARTS) is 1. The van der Waals surface area contributed by atoms with E-state index in [9.17, 15) is 19.5 Å². The molecule has 0 aliphatic carbocycles. The van der Waals surface area contributed by atoms with Crippen molar-refractivity contribution in [2.24, 2.45) is 5.92 Å². The summed E-state index contributed by atoms with van der Waals surface area (Å²) in [5.74, 6) is -2.96. The number of rotatable bonds is 7. The SMILES string of the molecule is CCOC(=O)C[C@H](C)[C@H](NC(=O)c1ccccc1Cl)C(=O)O. The second kappa shape index (κ2) is 8.38. The van der Waals surface area contributed by atoms with E-state index in [1.54, 1.807) is 26.0 Å². The van der Waals surface area contributed by atoms with Crippen LogP contribution < -0.4 is 5.32 Å². The van der Waals surface area contributed by atoms with E-state index in [-0.39, 0.29) is 23.6 Å². The first-order valence-electron chi connectivity index (χ1n) is 6.80. The number of halogens is 1. The molecular formula is C15H18ClNO5. The molecule has 2 N–H and O–H groups in total. The summed E-state index contributed by atoms with van der Waals surface area (Å²) < 4.78 is 4.79. The largest absolute Gasteiger partial charge is 0.480 e. The molecule has 1 rings (SSSR count). The highest BCUT2D eigenvalue weighted by Crippen LogP contribution is 2.16. The number of hydrogen-bond acceptors (Lipinski definition) is 4. The summed E-state index contributed by atoms with van der Waals surface area (Å²) in [4.78, 5) is 34.9. The molecule has 120 valence electrons. The molecule has 0 heterocycles. The zero-order chi connectivity index (χ0) is 16.7. The molecule has 0 aliphatic rings. The Balaban J connectivity index is 2.80. The van der Waals surface area contributed by atoms with Gasteiger partial charge in [0.15, 0.2) is 0 Å². The van der Waals surface area contributed by atoms with Gasteiger partial charge in [-0.1, -0.05) is 30.7 Å². The van der Waals surface area contributed by atoms with Gasteiger partial charge in [0.2, 0.25) is 0 Å². The third-order valence-corrected chi connectivity index (χ3v) is 3.36. The summed E-state index contributed by atoms with van der Waals surface area (Å²) in [5, 5.41) is 11.9. The fraction of sp³-hybridized carbons (Fsp3) is 0.400. The highest BCUT2D eigenvalue weighted by atomic mass is 35.5. The maximum absolute atomic E-state index is 12.1. The lowest BCUT2D eigenvalue weighted by Crippen LogP contribution is -2.45. The predicted molar refractivity (Wildman–Crippen MR) is 80.8 cm³/mol. The molecule has 0 radical (unpaired) electrons. The Kier molecular flexibility index (Phi) is 6.85. The first-order chi connectivity index (χ1) is 10.4. The van der Waals surface area contributed by atoms with Crippen molar-refractivity contribution in [3.05, 3.63) is 34.9 Å². The van der Waals surface area contributed by atoms with Crippen molar-refractivity contribution in [3.63, 3.8) is 0 Å². The van der Waals surface area contributed by atoms with E-state index >= 15 is 0 Å². The Morgan fingerprint density at radius 2 is 1.95 bits per heavy atom. The van der Waals surface area contributed by atoms with Gasteiger partial charge in [-0.05, 0) is 25.0 Å². The Hall–Kier alpha value is -2.08. The van der Waals surface area contributed by atoms with Crippen LogP contribution in [0.5, 0.6) is 0 Å². The number of amides is 1. The van der Waals surface area contributed by atoms with Crippen LogP contribution in [-0.4, -0.2) is 35.6 Å². The monoisotopic (exact) mass is 327 g/mol. The summed E-state index contributed by atoms with van der Waals surface area (Å²) in [7, 11) is 0. The summed E-state index contributed by atoms with van der Waals surface area (Å²) >= 11 is 5.90. The number of carbonyl (C=O) groups is 3. The van der Waals surface area contributed by atoms with Crippen molar-refractivity contribution in [2.75, 3.05) is 6.61 Å². The Labute approximate surface area is 133 Å². The van der Waals surface area contributed by atoms with E-state index in [2.05, 4.69) is 5.32 Å². The molecule has 0 fully saturated rings. The molecular weight excluding hydrogens is 310 g/mol. The second-order valence-electron chi connectivity index (χ2n) is 4.76. The third-order valence-electron chi connectivity index (χ3n) is 3.03. The Morgan fingerprint density at radius 1 is 1.32 bits per heavy atom. The molecule has 0 bridgehead atoms. The smallest absolute Gasteiger partial charge is 0.326 e. The molecule has 1 amide bonds. The predicted octanol–water partition coefficient (Wildman–Crippen LogP) is 2.11. The molecule has 1 aromatic rings. The quantitative estimate of drug-likeness (QED) is 0.748. The number of ether oxygens (including phenoxy) is 1. The van der Waals surface area contributed by atoms with Gasteiger partial charge in [-0.3, -0.25) is 9.59 Å². The maximum atomic E-state index is 12.1. The highest BCUT2D eigenvalue weighted by Gasteiger charge is 2.29. The van der Waals surface area contributed by atoms with Gasteiger partial charge in [0.25, 0.3) is 5.91 Å². The van der Waals surface area contributed by atoms with Crippen LogP contribution in [0.15, 0.2) is 24.3 Å². The van der Waals surface area contributed by atoms with E-state index in [0.717, 1.165) is 0 Å². The fourth-order valence-electron chi connectivity index (χ4n) is 1.91. The van der Waals surface area contributed by atoms with Crippen LogP contribution in [0.2, 0.25) is 5.02 Å². The first-order valence-corrected chi connectivity index (χ1v) is 7.18. The van der Waals surface area contributed by atoms with Crippen LogP contribution in [0, 0.1) is 5.92 Å². The summed E-state index contributed by atoms with van der Waals surface area (Å²) in [5.41, 5.74) is 0.179. The normalized spacial score (nSPS) is 13.0. The fourth-order valence-corrected chi connectivity index (χ4v) is 2.13. The van der Waals surface area contributed by atoms with Crippen molar-refractivity contribution in [1.29, 1.82) is 0 Å². The number of carbonyl (C=O) groups excluding carboxylic acids is 2. The molecule has 0 aromatic heterocycles. The van der Waals surface area contributed by atoms with Crippen LogP contribution in [0.25, 0.3) is 0 Å². The molecule has 0 aliphatic heterocycles. The lowest BCUT2D eigenvalue weighted by molar-refractivity contribution is -0.145. The van der Waals surface area contributed by atoms with E-state index in [1.165, 1.54) is 12.1 Å². The van der Waals surface area contributed by atoms with E-state index < -0.39 is 29.8 Å². The van der Waals surface area contributed by atoms with Gasteiger partial charge in [-0.15, -0.1) is 0 Å². The molecule has 2 atom stereocenters. The van der Waals surface area contributed by atoms with Gasteiger partial charge >= 0.3 is 11.9 Å². The van der Waals surface area contributed by atoms with Gasteiger partial charge in [-0.25, -0.2) is 4.79 Å². The Morgan fingerprint density at radius 3 is 2.50 bits per heavy atom. The minimum Gasteiger partial charge on any atom is -0.480 e. The number of nitrogens with one attached hydrogen (secondary N) is 1. The second-order valence-corrected chi connectivity index (χ2v) is 5.16. The topological polar surface area (TPSA) is 92.7 Å². The van der Waals surface area contributed by atoms with Gasteiger partial charge in [-0.2, -0.15) is 0 Å². The number of benzene rings is 1. The third kappa shape index (κ3) is 5.04. The molecule has 7 heteroatoms. The number of hydrogen-bond donors (Lipinski definition) is 2. The van der Waals surface area contributed by atoms with Crippen LogP contribution in [0.1, 0.15) is 30.6 Å². The van der Waals surface area contributed by atoms with Crippen molar-refractivity contribution >= 4 is 29.4 Å². The van der Waals surface area contributed by atoms with Gasteiger partial charge < -0.3 is 15.2 Å². The molecule has 0 unspecified atom stereocenters. The summed E-state index contributed by atoms with van der Waals surface area (Å²) in [6.45, 7) is 3.44. The summed E-state index contributed by atoms with van der Waals surface area (Å²) in [6.07, 6.45) is -0.104. The minimum atomic E-state index is -1.22. The van der Waals surface area contributed by atoms with Crippen molar-refractivity contribution in [1.82, 2.24) is 5.32 Å². The first kappa shape index (κ1) is 18.0. The maximum Gasteiger partial charge on any atom is 0.326 e. The van der Waals surface area contributed by atoms with Gasteiger partial charge in [0.05, 0.1) is 23.6 Å². The molecule has 6 nitrogen and oxygen atoms in total. The van der Waals surface area contributed by atoms with Crippen LogP contribution in [-0.2, 0) is 14.3 Å². The van der Waals surface area contributed by atoms with Crippen LogP contribution in [0.3, 0.4) is 0 Å². The van der Waals surface area contributed by atoms with E-state index in [1.807, 2.05) is 0 Å². The van der Waals surface area contributed by atoms with Crippen molar-refractivity contribution in [2.45, 2.75) is 26.3 Å². The average molecular weight is 328 g/mol. The molecule has 22 heavy (non-hydrogen) atoms. The average Bonchev–Trinajstić information content (AvgIpc) is 2.44. The van der Waals surface area contributed by atoms with E-state index in [4.69, 9.17) is 16.3 Å². The highest BCUT2D eigenvalue weighted by molar-refractivity contribution is 6.33. The van der Waals surface area contributed by atoms with Crippen molar-refractivity contribution < 1.29 is 24.2 Å². The zero-order valence-corrected chi connectivity index (χ0v) is 13.1. The zero-order valence-electron chi connectivity index (χ0n) is 12.3. The molecule has 1 aromatic carbocycles. The number of carboxylic acids is 1. The number of esters is 1. The van der Waals surface area contributed by atoms with E-state index in [0.29, 0.717) is 0 Å². The van der Waals surface area contributed by atoms with Gasteiger partial charge in [0, 0.05) is 0 Å². The lowest BCUT2D eigenvalue weighted by atomic mass is 9.98. The van der Waals surface area contributed by atoms with Crippen LogP contribution in [0.4, 0.5) is 0 Å². The van der Waals surface area contributed by atoms with Gasteiger partial charge in [0.1, 0.15) is 6.04 Å².